The zero-order valence-electron chi connectivity index (χ0n) is 12.6. The topological polar surface area (TPSA) is 45.2 Å². The number of hydrogen-bond donors (Lipinski definition) is 1. The van der Waals surface area contributed by atoms with Crippen LogP contribution < -0.4 is 10.2 Å². The number of thiazole rings is 1. The van der Waals surface area contributed by atoms with Gasteiger partial charge in [0.05, 0.1) is 10.6 Å². The highest BCUT2D eigenvalue weighted by Gasteiger charge is 2.34. The fourth-order valence-corrected chi connectivity index (χ4v) is 3.57. The first kappa shape index (κ1) is 15.2. The number of hydrogen-bond acceptors (Lipinski definition) is 4. The van der Waals surface area contributed by atoms with Crippen LogP contribution in [-0.2, 0) is 4.79 Å². The summed E-state index contributed by atoms with van der Waals surface area (Å²) >= 11 is 1.48. The molecule has 2 heterocycles. The van der Waals surface area contributed by atoms with E-state index in [0.717, 1.165) is 35.6 Å². The van der Waals surface area contributed by atoms with Crippen LogP contribution in [0.25, 0.3) is 10.2 Å². The van der Waals surface area contributed by atoms with Crippen molar-refractivity contribution in [3.05, 3.63) is 24.0 Å². The normalized spacial score (nSPS) is 15.1. The second-order valence-corrected chi connectivity index (χ2v) is 6.69. The maximum Gasteiger partial charge on any atom is 0.226 e. The molecule has 0 atom stereocenters. The van der Waals surface area contributed by atoms with Gasteiger partial charge in [0.25, 0.3) is 0 Å². The number of nitrogens with one attached hydrogen (secondary N) is 1. The standard InChI is InChI=1S/C16H20FN3OS/c1-2-3-4-8-18-15(21)11-9-20(10-11)16-19-14-12(17)6-5-7-13(14)22-16/h5-7,11H,2-4,8-10H2,1H3,(H,18,21). The molecule has 0 aliphatic carbocycles. The maximum absolute atomic E-state index is 13.7. The average molecular weight is 321 g/mol. The fourth-order valence-electron chi connectivity index (χ4n) is 2.57. The Kier molecular flexibility index (Phi) is 4.57. The quantitative estimate of drug-likeness (QED) is 0.831. The number of para-hydroxylation sites is 1. The molecule has 3 rings (SSSR count). The van der Waals surface area contributed by atoms with Crippen LogP contribution in [0.1, 0.15) is 26.2 Å². The third-order valence-corrected chi connectivity index (χ3v) is 5.04. The van der Waals surface area contributed by atoms with Crippen molar-refractivity contribution in [3.63, 3.8) is 0 Å². The molecule has 4 nitrogen and oxygen atoms in total. The van der Waals surface area contributed by atoms with E-state index in [9.17, 15) is 9.18 Å². The van der Waals surface area contributed by atoms with Gasteiger partial charge >= 0.3 is 0 Å². The number of carbonyl (C=O) groups is 1. The second kappa shape index (κ2) is 6.60. The number of unbranched alkanes of at least 4 members (excludes halogenated alkanes) is 2. The third-order valence-electron chi connectivity index (χ3n) is 3.96. The molecule has 0 bridgehead atoms. The molecule has 1 fully saturated rings. The van der Waals surface area contributed by atoms with Crippen molar-refractivity contribution in [2.75, 3.05) is 24.5 Å². The zero-order chi connectivity index (χ0) is 15.5. The van der Waals surface area contributed by atoms with E-state index in [1.165, 1.54) is 17.4 Å². The zero-order valence-corrected chi connectivity index (χ0v) is 13.5. The summed E-state index contributed by atoms with van der Waals surface area (Å²) in [4.78, 5) is 18.4. The highest BCUT2D eigenvalue weighted by Crippen LogP contribution is 2.33. The SMILES string of the molecule is CCCCCNC(=O)C1CN(c2nc3c(F)cccc3s2)C1. The number of aromatic nitrogens is 1. The molecule has 118 valence electrons. The number of fused-ring (bicyclic) bond motifs is 1. The third kappa shape index (κ3) is 3.06. The highest BCUT2D eigenvalue weighted by atomic mass is 32.1. The molecule has 0 saturated carbocycles. The summed E-state index contributed by atoms with van der Waals surface area (Å²) in [7, 11) is 0. The van der Waals surface area contributed by atoms with Crippen molar-refractivity contribution in [1.29, 1.82) is 0 Å². The summed E-state index contributed by atoms with van der Waals surface area (Å²) in [6.07, 6.45) is 3.34. The lowest BCUT2D eigenvalue weighted by Gasteiger charge is -2.37. The molecule has 1 N–H and O–H groups in total. The van der Waals surface area contributed by atoms with Crippen molar-refractivity contribution in [2.45, 2.75) is 26.2 Å². The Balaban J connectivity index is 1.54. The van der Waals surface area contributed by atoms with Gasteiger partial charge in [-0.2, -0.15) is 0 Å². The molecule has 1 aromatic carbocycles. The van der Waals surface area contributed by atoms with Gasteiger partial charge in [0.2, 0.25) is 5.91 Å². The van der Waals surface area contributed by atoms with Gasteiger partial charge in [0.1, 0.15) is 11.3 Å². The number of benzene rings is 1. The smallest absolute Gasteiger partial charge is 0.226 e. The maximum atomic E-state index is 13.7. The Morgan fingerprint density at radius 3 is 3.00 bits per heavy atom. The minimum atomic E-state index is -0.286. The van der Waals surface area contributed by atoms with Crippen LogP contribution in [0.4, 0.5) is 9.52 Å². The molecule has 0 radical (unpaired) electrons. The predicted octanol–water partition coefficient (Wildman–Crippen LogP) is 3.18. The molecule has 0 spiro atoms. The molecule has 1 saturated heterocycles. The number of carbonyl (C=O) groups excluding carboxylic acids is 1. The van der Waals surface area contributed by atoms with Crippen LogP contribution in [0, 0.1) is 11.7 Å². The molecule has 1 aliphatic heterocycles. The van der Waals surface area contributed by atoms with Crippen LogP contribution in [-0.4, -0.2) is 30.5 Å². The van der Waals surface area contributed by atoms with Crippen LogP contribution >= 0.6 is 11.3 Å². The molecular weight excluding hydrogens is 301 g/mol. The first-order valence-corrected chi connectivity index (χ1v) is 8.58. The van der Waals surface area contributed by atoms with Gasteiger partial charge in [-0.15, -0.1) is 0 Å². The molecular formula is C16H20FN3OS. The molecule has 1 aliphatic rings. The number of nitrogens with zero attached hydrogens (tertiary/aromatic N) is 2. The largest absolute Gasteiger partial charge is 0.356 e. The van der Waals surface area contributed by atoms with Gasteiger partial charge in [-0.1, -0.05) is 37.2 Å². The van der Waals surface area contributed by atoms with Crippen molar-refractivity contribution < 1.29 is 9.18 Å². The second-order valence-electron chi connectivity index (χ2n) is 5.68. The lowest BCUT2D eigenvalue weighted by molar-refractivity contribution is -0.125. The first-order chi connectivity index (χ1) is 10.7. The van der Waals surface area contributed by atoms with Gasteiger partial charge in [-0.3, -0.25) is 4.79 Å². The summed E-state index contributed by atoms with van der Waals surface area (Å²) < 4.78 is 14.5. The van der Waals surface area contributed by atoms with Gasteiger partial charge in [0.15, 0.2) is 5.13 Å². The summed E-state index contributed by atoms with van der Waals surface area (Å²) in [5.41, 5.74) is 0.426. The van der Waals surface area contributed by atoms with Gasteiger partial charge in [-0.05, 0) is 18.6 Å². The van der Waals surface area contributed by atoms with E-state index in [2.05, 4.69) is 17.2 Å². The Bertz CT molecular complexity index is 666. The van der Waals surface area contributed by atoms with Gasteiger partial charge < -0.3 is 10.2 Å². The van der Waals surface area contributed by atoms with E-state index in [0.29, 0.717) is 18.6 Å². The lowest BCUT2D eigenvalue weighted by Crippen LogP contribution is -2.53. The highest BCUT2D eigenvalue weighted by molar-refractivity contribution is 7.22. The first-order valence-electron chi connectivity index (χ1n) is 7.76. The van der Waals surface area contributed by atoms with Gasteiger partial charge in [0, 0.05) is 19.6 Å². The van der Waals surface area contributed by atoms with Crippen molar-refractivity contribution in [1.82, 2.24) is 10.3 Å². The minimum absolute atomic E-state index is 0.0264. The molecule has 1 amide bonds. The molecule has 1 aromatic heterocycles. The van der Waals surface area contributed by atoms with E-state index >= 15 is 0 Å². The monoisotopic (exact) mass is 321 g/mol. The van der Waals surface area contributed by atoms with E-state index < -0.39 is 0 Å². The van der Waals surface area contributed by atoms with Crippen molar-refractivity contribution in [3.8, 4) is 0 Å². The Labute approximate surface area is 133 Å². The summed E-state index contributed by atoms with van der Waals surface area (Å²) in [5.74, 6) is -0.135. The Morgan fingerprint density at radius 1 is 1.45 bits per heavy atom. The average Bonchev–Trinajstić information content (AvgIpc) is 2.87. The minimum Gasteiger partial charge on any atom is -0.356 e. The van der Waals surface area contributed by atoms with Crippen LogP contribution in [0.3, 0.4) is 0 Å². The van der Waals surface area contributed by atoms with Crippen molar-refractivity contribution in [2.24, 2.45) is 5.92 Å². The van der Waals surface area contributed by atoms with Crippen LogP contribution in [0.5, 0.6) is 0 Å². The number of rotatable bonds is 6. The molecule has 6 heteroatoms. The van der Waals surface area contributed by atoms with Crippen LogP contribution in [0.2, 0.25) is 0 Å². The molecule has 2 aromatic rings. The number of anilines is 1. The van der Waals surface area contributed by atoms with E-state index in [4.69, 9.17) is 0 Å². The van der Waals surface area contributed by atoms with Crippen LogP contribution in [0.15, 0.2) is 18.2 Å². The fraction of sp³-hybridized carbons (Fsp3) is 0.500. The Morgan fingerprint density at radius 2 is 2.27 bits per heavy atom. The lowest BCUT2D eigenvalue weighted by atomic mass is 10.00. The van der Waals surface area contributed by atoms with E-state index in [1.807, 2.05) is 11.0 Å². The van der Waals surface area contributed by atoms with E-state index in [1.54, 1.807) is 6.07 Å². The molecule has 0 unspecified atom stereocenters. The Hall–Kier alpha value is -1.69. The summed E-state index contributed by atoms with van der Waals surface area (Å²) in [6, 6.07) is 4.99. The van der Waals surface area contributed by atoms with Gasteiger partial charge in [-0.25, -0.2) is 9.37 Å². The number of halogens is 1. The summed E-state index contributed by atoms with van der Waals surface area (Å²) in [6.45, 7) is 4.24. The van der Waals surface area contributed by atoms with Crippen molar-refractivity contribution >= 4 is 32.6 Å². The predicted molar refractivity (Wildman–Crippen MR) is 87.8 cm³/mol. The number of amides is 1. The summed E-state index contributed by atoms with van der Waals surface area (Å²) in [5, 5.41) is 3.79. The molecule has 22 heavy (non-hydrogen) atoms. The van der Waals surface area contributed by atoms with E-state index in [-0.39, 0.29) is 17.6 Å².